The lowest BCUT2D eigenvalue weighted by atomic mass is 10.1. The van der Waals surface area contributed by atoms with Gasteiger partial charge in [0.2, 0.25) is 0 Å². The quantitative estimate of drug-likeness (QED) is 0.550. The molecule has 0 aliphatic rings. The van der Waals surface area contributed by atoms with Gasteiger partial charge in [-0.15, -0.1) is 11.3 Å². The van der Waals surface area contributed by atoms with Crippen LogP contribution in [0.15, 0.2) is 35.4 Å². The molecule has 0 radical (unpaired) electrons. The number of rotatable bonds is 8. The molecule has 1 aromatic carbocycles. The first-order chi connectivity index (χ1) is 14.1. The number of benzene rings is 1. The molecule has 0 aliphatic carbocycles. The second kappa shape index (κ2) is 9.67. The number of alkyl carbamates (subject to hydrolysis) is 1. The molecule has 0 saturated heterocycles. The Kier molecular flexibility index (Phi) is 7.00. The summed E-state index contributed by atoms with van der Waals surface area (Å²) in [6.07, 6.45) is 2.84. The molecular weight excluding hydrogens is 388 g/mol. The third-order valence-corrected chi connectivity index (χ3v) is 6.17. The van der Waals surface area contributed by atoms with Crippen LogP contribution in [0.1, 0.15) is 19.4 Å². The molecule has 0 atom stereocenters. The molecule has 8 heteroatoms. The molecule has 0 aliphatic heterocycles. The number of carbonyl (C=O) groups excluding carboxylic acids is 1. The fraction of sp³-hybridized carbons (Fsp3) is 0.381. The summed E-state index contributed by atoms with van der Waals surface area (Å²) in [5.41, 5.74) is 1.66. The van der Waals surface area contributed by atoms with Crippen LogP contribution in [-0.4, -0.2) is 49.3 Å². The number of carbonyl (C=O) groups is 1. The van der Waals surface area contributed by atoms with E-state index in [1.54, 1.807) is 18.5 Å². The predicted octanol–water partition coefficient (Wildman–Crippen LogP) is 3.42. The number of aromatic nitrogens is 1. The number of anilines is 1. The third-order valence-electron chi connectivity index (χ3n) is 4.95. The van der Waals surface area contributed by atoms with Gasteiger partial charge in [0.15, 0.2) is 5.43 Å². The Balaban J connectivity index is 2.04. The topological polar surface area (TPSA) is 83.6 Å². The fourth-order valence-corrected chi connectivity index (χ4v) is 4.46. The van der Waals surface area contributed by atoms with Crippen LogP contribution < -0.4 is 16.1 Å². The highest BCUT2D eigenvalue weighted by Gasteiger charge is 2.14. The number of methoxy groups -OCH3 is 1. The summed E-state index contributed by atoms with van der Waals surface area (Å²) in [5, 5.41) is 7.44. The van der Waals surface area contributed by atoms with E-state index < -0.39 is 6.09 Å². The smallest absolute Gasteiger partial charge is 0.407 e. The molecule has 0 unspecified atom stereocenters. The van der Waals surface area contributed by atoms with Gasteiger partial charge in [0.05, 0.1) is 17.2 Å². The van der Waals surface area contributed by atoms with Gasteiger partial charge in [0.25, 0.3) is 0 Å². The van der Waals surface area contributed by atoms with Gasteiger partial charge in [0.1, 0.15) is 0 Å². The number of nitrogens with one attached hydrogen (secondary N) is 2. The molecular formula is C21H26N4O3S. The van der Waals surface area contributed by atoms with Crippen molar-refractivity contribution < 1.29 is 9.53 Å². The molecule has 154 valence electrons. The number of pyridine rings is 1. The van der Waals surface area contributed by atoms with Crippen molar-refractivity contribution in [2.75, 3.05) is 38.6 Å². The first-order valence-corrected chi connectivity index (χ1v) is 10.5. The zero-order valence-electron chi connectivity index (χ0n) is 16.9. The normalized spacial score (nSPS) is 11.2. The van der Waals surface area contributed by atoms with Crippen molar-refractivity contribution in [1.82, 2.24) is 15.2 Å². The van der Waals surface area contributed by atoms with Crippen molar-refractivity contribution in [3.8, 4) is 0 Å². The number of fused-ring (bicyclic) bond motifs is 2. The molecule has 2 heterocycles. The fourth-order valence-electron chi connectivity index (χ4n) is 3.28. The Morgan fingerprint density at radius 1 is 1.24 bits per heavy atom. The van der Waals surface area contributed by atoms with E-state index in [9.17, 15) is 9.59 Å². The number of nitrogens with zero attached hydrogens (tertiary/aromatic N) is 2. The SMILES string of the molecule is CCN(CC)CCNc1ccc(CNC(=O)OC)c2sc3cnccc3c(=O)c12. The molecule has 0 bridgehead atoms. The molecule has 0 saturated carbocycles. The van der Waals surface area contributed by atoms with E-state index in [1.165, 1.54) is 18.4 Å². The highest BCUT2D eigenvalue weighted by molar-refractivity contribution is 7.24. The van der Waals surface area contributed by atoms with E-state index in [2.05, 4.69) is 39.1 Å². The summed E-state index contributed by atoms with van der Waals surface area (Å²) < 4.78 is 6.33. The van der Waals surface area contributed by atoms with Crippen molar-refractivity contribution in [2.24, 2.45) is 0 Å². The minimum atomic E-state index is -0.505. The number of hydrogen-bond donors (Lipinski definition) is 2. The maximum atomic E-state index is 13.3. The lowest BCUT2D eigenvalue weighted by Crippen LogP contribution is -2.28. The number of ether oxygens (including phenoxy) is 1. The molecule has 1 amide bonds. The molecule has 3 aromatic rings. The molecule has 0 spiro atoms. The van der Waals surface area contributed by atoms with Gasteiger partial charge in [-0.1, -0.05) is 19.9 Å². The highest BCUT2D eigenvalue weighted by Crippen LogP contribution is 2.31. The second-order valence-electron chi connectivity index (χ2n) is 6.58. The van der Waals surface area contributed by atoms with Crippen molar-refractivity contribution in [1.29, 1.82) is 0 Å². The largest absolute Gasteiger partial charge is 0.453 e. The second-order valence-corrected chi connectivity index (χ2v) is 7.63. The Morgan fingerprint density at radius 2 is 2.03 bits per heavy atom. The highest BCUT2D eigenvalue weighted by atomic mass is 32.1. The molecule has 7 nitrogen and oxygen atoms in total. The van der Waals surface area contributed by atoms with Crippen LogP contribution in [0.5, 0.6) is 0 Å². The lowest BCUT2D eigenvalue weighted by molar-refractivity contribution is 0.170. The van der Waals surface area contributed by atoms with Gasteiger partial charge in [-0.05, 0) is 30.8 Å². The van der Waals surface area contributed by atoms with Gasteiger partial charge in [-0.2, -0.15) is 0 Å². The van der Waals surface area contributed by atoms with Crippen LogP contribution >= 0.6 is 11.3 Å². The van der Waals surface area contributed by atoms with Crippen LogP contribution in [0.25, 0.3) is 20.2 Å². The summed E-state index contributed by atoms with van der Waals surface area (Å²) in [6, 6.07) is 5.61. The lowest BCUT2D eigenvalue weighted by Gasteiger charge is -2.19. The summed E-state index contributed by atoms with van der Waals surface area (Å²) in [6.45, 7) is 8.18. The molecule has 2 aromatic heterocycles. The number of hydrogen-bond acceptors (Lipinski definition) is 7. The molecule has 2 N–H and O–H groups in total. The average molecular weight is 415 g/mol. The summed E-state index contributed by atoms with van der Waals surface area (Å²) in [7, 11) is 1.33. The molecule has 29 heavy (non-hydrogen) atoms. The maximum Gasteiger partial charge on any atom is 0.407 e. The van der Waals surface area contributed by atoms with Crippen LogP contribution in [0.4, 0.5) is 10.5 Å². The third kappa shape index (κ3) is 4.65. The van der Waals surface area contributed by atoms with Gasteiger partial charge < -0.3 is 20.3 Å². The zero-order valence-corrected chi connectivity index (χ0v) is 17.8. The molecule has 0 fully saturated rings. The van der Waals surface area contributed by atoms with Gasteiger partial charge >= 0.3 is 6.09 Å². The maximum absolute atomic E-state index is 13.3. The van der Waals surface area contributed by atoms with Crippen molar-refractivity contribution in [2.45, 2.75) is 20.4 Å². The van der Waals surface area contributed by atoms with E-state index in [0.29, 0.717) is 10.8 Å². The van der Waals surface area contributed by atoms with E-state index in [1.807, 2.05) is 12.1 Å². The Bertz CT molecular complexity index is 1060. The Labute approximate surface area is 173 Å². The van der Waals surface area contributed by atoms with E-state index in [0.717, 1.165) is 46.8 Å². The van der Waals surface area contributed by atoms with Crippen LogP contribution in [-0.2, 0) is 11.3 Å². The van der Waals surface area contributed by atoms with Crippen LogP contribution in [0, 0.1) is 0 Å². The standard InChI is InChI=1S/C21H26N4O3S/c1-4-25(5-2)11-10-23-16-7-6-14(12-24-21(27)28-3)20-18(16)19(26)15-8-9-22-13-17(15)29-20/h6-9,13,23H,4-5,10-12H2,1-3H3,(H,24,27). The number of amides is 1. The average Bonchev–Trinajstić information content (AvgIpc) is 2.75. The Hall–Kier alpha value is -2.71. The number of likely N-dealkylation sites (N-methyl/N-ethyl adjacent to an activating group) is 1. The van der Waals surface area contributed by atoms with Gasteiger partial charge in [-0.25, -0.2) is 4.79 Å². The first-order valence-electron chi connectivity index (χ1n) is 9.69. The van der Waals surface area contributed by atoms with Crippen LogP contribution in [0.3, 0.4) is 0 Å². The van der Waals surface area contributed by atoms with E-state index in [-0.39, 0.29) is 12.0 Å². The minimum absolute atomic E-state index is 0.0265. The van der Waals surface area contributed by atoms with Crippen LogP contribution in [0.2, 0.25) is 0 Å². The summed E-state index contributed by atoms with van der Waals surface area (Å²) in [5.74, 6) is 0. The van der Waals surface area contributed by atoms with Gasteiger partial charge in [0, 0.05) is 47.8 Å². The van der Waals surface area contributed by atoms with E-state index >= 15 is 0 Å². The van der Waals surface area contributed by atoms with Crippen molar-refractivity contribution in [3.63, 3.8) is 0 Å². The summed E-state index contributed by atoms with van der Waals surface area (Å²) >= 11 is 1.51. The monoisotopic (exact) mass is 414 g/mol. The zero-order chi connectivity index (χ0) is 20.8. The molecule has 3 rings (SSSR count). The van der Waals surface area contributed by atoms with E-state index in [4.69, 9.17) is 0 Å². The predicted molar refractivity (Wildman–Crippen MR) is 119 cm³/mol. The van der Waals surface area contributed by atoms with Crippen molar-refractivity contribution in [3.05, 3.63) is 46.4 Å². The van der Waals surface area contributed by atoms with Crippen molar-refractivity contribution >= 4 is 43.3 Å². The minimum Gasteiger partial charge on any atom is -0.453 e. The first kappa shape index (κ1) is 21.0. The Morgan fingerprint density at radius 3 is 2.76 bits per heavy atom. The summed E-state index contributed by atoms with van der Waals surface area (Å²) in [4.78, 5) is 31.3. The van der Waals surface area contributed by atoms with Gasteiger partial charge in [-0.3, -0.25) is 9.78 Å².